The van der Waals surface area contributed by atoms with Gasteiger partial charge >= 0.3 is 0 Å². The Labute approximate surface area is 179 Å². The van der Waals surface area contributed by atoms with E-state index >= 15 is 0 Å². The van der Waals surface area contributed by atoms with Crippen LogP contribution in [-0.4, -0.2) is 42.0 Å². The molecule has 0 bridgehead atoms. The minimum Gasteiger partial charge on any atom is -0.352 e. The molecule has 1 amide bonds. The summed E-state index contributed by atoms with van der Waals surface area (Å²) >= 11 is 6.64. The lowest BCUT2D eigenvalue weighted by molar-refractivity contribution is 0.0947. The quantitative estimate of drug-likeness (QED) is 0.711. The molecule has 4 nitrogen and oxygen atoms in total. The highest BCUT2D eigenvalue weighted by atomic mass is 35.5. The average Bonchev–Trinajstić information content (AvgIpc) is 2.70. The van der Waals surface area contributed by atoms with Crippen LogP contribution in [0.3, 0.4) is 0 Å². The van der Waals surface area contributed by atoms with Crippen LogP contribution in [0.1, 0.15) is 61.1 Å². The summed E-state index contributed by atoms with van der Waals surface area (Å²) in [6, 6.07) is 5.71. The third-order valence-corrected chi connectivity index (χ3v) is 6.77. The van der Waals surface area contributed by atoms with Crippen molar-refractivity contribution in [2.24, 2.45) is 11.8 Å². The fraction of sp³-hybridized carbons (Fsp3) is 0.583. The summed E-state index contributed by atoms with van der Waals surface area (Å²) in [5.41, 5.74) is 3.80. The first-order chi connectivity index (χ1) is 14.0. The number of likely N-dealkylation sites (tertiary alicyclic amines) is 1. The molecule has 2 aromatic rings. The molecule has 1 saturated heterocycles. The highest BCUT2D eigenvalue weighted by Gasteiger charge is 2.21. The molecule has 0 saturated carbocycles. The van der Waals surface area contributed by atoms with Crippen molar-refractivity contribution in [3.63, 3.8) is 0 Å². The highest BCUT2D eigenvalue weighted by Crippen LogP contribution is 2.33. The van der Waals surface area contributed by atoms with Crippen molar-refractivity contribution in [1.29, 1.82) is 0 Å². The van der Waals surface area contributed by atoms with E-state index in [4.69, 9.17) is 16.6 Å². The summed E-state index contributed by atoms with van der Waals surface area (Å²) in [6.45, 7) is 8.78. The maximum atomic E-state index is 12.6. The van der Waals surface area contributed by atoms with Gasteiger partial charge < -0.3 is 10.2 Å². The fourth-order valence-electron chi connectivity index (χ4n) is 5.09. The molecule has 156 valence electrons. The number of fused-ring (bicyclic) bond motifs is 2. The molecular formula is C24H32ClN3O. The summed E-state index contributed by atoms with van der Waals surface area (Å²) in [6.07, 6.45) is 6.64. The molecule has 0 radical (unpaired) electrons. The largest absolute Gasteiger partial charge is 0.352 e. The third kappa shape index (κ3) is 4.75. The lowest BCUT2D eigenvalue weighted by Gasteiger charge is -2.34. The number of rotatable bonds is 5. The third-order valence-electron chi connectivity index (χ3n) is 6.34. The molecular weight excluding hydrogens is 382 g/mol. The van der Waals surface area contributed by atoms with E-state index < -0.39 is 0 Å². The molecule has 2 aliphatic rings. The van der Waals surface area contributed by atoms with E-state index in [-0.39, 0.29) is 5.91 Å². The van der Waals surface area contributed by atoms with Gasteiger partial charge in [-0.25, -0.2) is 0 Å². The van der Waals surface area contributed by atoms with Crippen LogP contribution >= 0.6 is 11.6 Å². The van der Waals surface area contributed by atoms with E-state index in [0.717, 1.165) is 65.7 Å². The van der Waals surface area contributed by atoms with Crippen molar-refractivity contribution < 1.29 is 4.79 Å². The van der Waals surface area contributed by atoms with Gasteiger partial charge in [0.1, 0.15) is 0 Å². The van der Waals surface area contributed by atoms with Crippen LogP contribution in [0.15, 0.2) is 18.2 Å². The number of carbonyl (C=O) groups excluding carboxylic acids is 1. The molecule has 1 aromatic heterocycles. The topological polar surface area (TPSA) is 45.2 Å². The molecule has 2 atom stereocenters. The number of aryl methyl sites for hydroxylation is 1. The molecule has 1 aromatic carbocycles. The molecule has 1 aliphatic heterocycles. The molecule has 1 aliphatic carbocycles. The predicted molar refractivity (Wildman–Crippen MR) is 120 cm³/mol. The van der Waals surface area contributed by atoms with Crippen LogP contribution in [0.25, 0.3) is 10.9 Å². The first-order valence-corrected chi connectivity index (χ1v) is 11.5. The number of hydrogen-bond acceptors (Lipinski definition) is 3. The average molecular weight is 414 g/mol. The molecule has 2 unspecified atom stereocenters. The summed E-state index contributed by atoms with van der Waals surface area (Å²) in [5.74, 6) is 1.52. The number of piperidine rings is 1. The van der Waals surface area contributed by atoms with E-state index in [0.29, 0.717) is 12.1 Å². The maximum absolute atomic E-state index is 12.6. The number of pyridine rings is 1. The second kappa shape index (κ2) is 9.01. The molecule has 1 fully saturated rings. The number of nitrogens with one attached hydrogen (secondary N) is 1. The van der Waals surface area contributed by atoms with E-state index in [9.17, 15) is 4.79 Å². The molecule has 4 rings (SSSR count). The van der Waals surface area contributed by atoms with Crippen LogP contribution in [-0.2, 0) is 12.8 Å². The molecule has 29 heavy (non-hydrogen) atoms. The summed E-state index contributed by atoms with van der Waals surface area (Å²) < 4.78 is 0. The van der Waals surface area contributed by atoms with Crippen molar-refractivity contribution in [3.05, 3.63) is 40.0 Å². The number of amides is 1. The standard InChI is InChI=1S/C24H32ClN3O/c1-16-12-17(2)15-28(14-16)11-5-10-26-24(29)18-8-9-20-22(13-18)27-21-7-4-3-6-19(21)23(20)25/h8-9,13,16-17H,3-7,10-12,14-15H2,1-2H3,(H,26,29). The molecule has 0 spiro atoms. The van der Waals surface area contributed by atoms with Gasteiger partial charge in [0.25, 0.3) is 5.91 Å². The predicted octanol–water partition coefficient (Wildman–Crippen LogP) is 4.86. The van der Waals surface area contributed by atoms with Gasteiger partial charge in [0.05, 0.1) is 10.5 Å². The van der Waals surface area contributed by atoms with Crippen LogP contribution < -0.4 is 5.32 Å². The van der Waals surface area contributed by atoms with E-state index in [2.05, 4.69) is 24.1 Å². The summed E-state index contributed by atoms with van der Waals surface area (Å²) in [4.78, 5) is 20.0. The Kier molecular flexibility index (Phi) is 6.41. The number of benzene rings is 1. The number of carbonyl (C=O) groups is 1. The molecule has 2 heterocycles. The molecule has 5 heteroatoms. The van der Waals surface area contributed by atoms with Gasteiger partial charge in [-0.15, -0.1) is 0 Å². The molecule has 1 N–H and O–H groups in total. The van der Waals surface area contributed by atoms with Crippen molar-refractivity contribution >= 4 is 28.4 Å². The lowest BCUT2D eigenvalue weighted by atomic mass is 9.92. The van der Waals surface area contributed by atoms with Crippen molar-refractivity contribution in [1.82, 2.24) is 15.2 Å². The number of nitrogens with zero attached hydrogens (tertiary/aromatic N) is 2. The Hall–Kier alpha value is -1.65. The normalized spacial score (nSPS) is 22.4. The van der Waals surface area contributed by atoms with Gasteiger partial charge in [-0.3, -0.25) is 9.78 Å². The van der Waals surface area contributed by atoms with Gasteiger partial charge in [0, 0.05) is 36.3 Å². The second-order valence-corrected chi connectivity index (χ2v) is 9.48. The summed E-state index contributed by atoms with van der Waals surface area (Å²) in [7, 11) is 0. The van der Waals surface area contributed by atoms with Crippen molar-refractivity contribution in [3.8, 4) is 0 Å². The van der Waals surface area contributed by atoms with Crippen molar-refractivity contribution in [2.75, 3.05) is 26.2 Å². The number of aromatic nitrogens is 1. The summed E-state index contributed by atoms with van der Waals surface area (Å²) in [5, 5.41) is 4.85. The van der Waals surface area contributed by atoms with Crippen molar-refractivity contribution in [2.45, 2.75) is 52.4 Å². The van der Waals surface area contributed by atoms with Gasteiger partial charge in [0.15, 0.2) is 0 Å². The van der Waals surface area contributed by atoms with E-state index in [1.807, 2.05) is 18.2 Å². The maximum Gasteiger partial charge on any atom is 0.251 e. The Balaban J connectivity index is 1.36. The van der Waals surface area contributed by atoms with Crippen LogP contribution in [0.4, 0.5) is 0 Å². The smallest absolute Gasteiger partial charge is 0.251 e. The fourth-order valence-corrected chi connectivity index (χ4v) is 5.45. The minimum atomic E-state index is -0.0251. The zero-order chi connectivity index (χ0) is 20.4. The van der Waals surface area contributed by atoms with Gasteiger partial charge in [-0.1, -0.05) is 31.5 Å². The highest BCUT2D eigenvalue weighted by molar-refractivity contribution is 6.36. The van der Waals surface area contributed by atoms with Crippen LogP contribution in [0.2, 0.25) is 5.02 Å². The van der Waals surface area contributed by atoms with Crippen LogP contribution in [0, 0.1) is 11.8 Å². The van der Waals surface area contributed by atoms with E-state index in [1.54, 1.807) is 0 Å². The zero-order valence-corrected chi connectivity index (χ0v) is 18.4. The number of halogens is 1. The second-order valence-electron chi connectivity index (χ2n) is 9.11. The lowest BCUT2D eigenvalue weighted by Crippen LogP contribution is -2.40. The van der Waals surface area contributed by atoms with Crippen LogP contribution in [0.5, 0.6) is 0 Å². The van der Waals surface area contributed by atoms with E-state index in [1.165, 1.54) is 31.5 Å². The Morgan fingerprint density at radius 1 is 1.21 bits per heavy atom. The van der Waals surface area contributed by atoms with Gasteiger partial charge in [-0.05, 0) is 74.6 Å². The van der Waals surface area contributed by atoms with Gasteiger partial charge in [-0.2, -0.15) is 0 Å². The monoisotopic (exact) mass is 413 g/mol. The first kappa shape index (κ1) is 20.6. The number of hydrogen-bond donors (Lipinski definition) is 1. The Bertz CT molecular complexity index is 887. The SMILES string of the molecule is CC1CC(C)CN(CCCNC(=O)c2ccc3c(Cl)c4c(nc3c2)CCCC4)C1. The Morgan fingerprint density at radius 2 is 1.97 bits per heavy atom. The Morgan fingerprint density at radius 3 is 2.76 bits per heavy atom. The zero-order valence-electron chi connectivity index (χ0n) is 17.6. The minimum absolute atomic E-state index is 0.0251. The van der Waals surface area contributed by atoms with Gasteiger partial charge in [0.2, 0.25) is 0 Å². The first-order valence-electron chi connectivity index (χ1n) is 11.1.